The summed E-state index contributed by atoms with van der Waals surface area (Å²) in [5.74, 6) is -0.945. The second-order valence-electron chi connectivity index (χ2n) is 5.27. The van der Waals surface area contributed by atoms with Crippen LogP contribution in [0.2, 0.25) is 0 Å². The minimum Gasteiger partial charge on any atom is -0.494 e. The van der Waals surface area contributed by atoms with Gasteiger partial charge in [-0.1, -0.05) is 24.3 Å². The van der Waals surface area contributed by atoms with Crippen LogP contribution in [-0.4, -0.2) is 18.9 Å². The summed E-state index contributed by atoms with van der Waals surface area (Å²) in [6, 6.07) is 11.5. The van der Waals surface area contributed by atoms with E-state index in [9.17, 15) is 14.0 Å². The Bertz CT molecular complexity index is 730. The summed E-state index contributed by atoms with van der Waals surface area (Å²) in [5.41, 5.74) is 6.87. The first kappa shape index (κ1) is 17.5. The minimum absolute atomic E-state index is 0.169. The Hall–Kier alpha value is -2.89. The van der Waals surface area contributed by atoms with Gasteiger partial charge in [0.15, 0.2) is 11.6 Å². The largest absolute Gasteiger partial charge is 0.494 e. The number of primary amides is 1. The molecule has 126 valence electrons. The maximum Gasteiger partial charge on any atom is 0.248 e. The molecule has 0 fully saturated rings. The number of aryl methyl sites for hydroxylation is 1. The molecule has 0 unspecified atom stereocenters. The number of rotatable bonds is 7. The number of carbonyl (C=O) groups excluding carboxylic acids is 2. The third-order valence-electron chi connectivity index (χ3n) is 3.61. The molecule has 6 heteroatoms. The van der Waals surface area contributed by atoms with Crippen LogP contribution in [-0.2, 0) is 17.8 Å². The molecule has 24 heavy (non-hydrogen) atoms. The van der Waals surface area contributed by atoms with Gasteiger partial charge in [0.1, 0.15) is 0 Å². The first-order valence-corrected chi connectivity index (χ1v) is 7.48. The number of nitrogens with two attached hydrogens (primary N) is 1. The highest BCUT2D eigenvalue weighted by atomic mass is 19.1. The van der Waals surface area contributed by atoms with Crippen molar-refractivity contribution in [2.45, 2.75) is 19.4 Å². The highest BCUT2D eigenvalue weighted by Gasteiger charge is 2.10. The van der Waals surface area contributed by atoms with Crippen molar-refractivity contribution in [2.75, 3.05) is 7.11 Å². The summed E-state index contributed by atoms with van der Waals surface area (Å²) in [6.07, 6.45) is 0.457. The number of hydrogen-bond donors (Lipinski definition) is 2. The van der Waals surface area contributed by atoms with E-state index in [1.807, 2.05) is 0 Å². The molecule has 0 spiro atoms. The molecule has 2 amide bonds. The van der Waals surface area contributed by atoms with E-state index in [-0.39, 0.29) is 24.5 Å². The number of ether oxygens (including phenoxy) is 1. The zero-order valence-electron chi connectivity index (χ0n) is 13.3. The first-order chi connectivity index (χ1) is 11.5. The maximum absolute atomic E-state index is 14.0. The van der Waals surface area contributed by atoms with Gasteiger partial charge in [-0.05, 0) is 35.7 Å². The molecule has 0 atom stereocenters. The fourth-order valence-corrected chi connectivity index (χ4v) is 2.23. The van der Waals surface area contributed by atoms with Gasteiger partial charge in [-0.2, -0.15) is 0 Å². The van der Waals surface area contributed by atoms with Crippen molar-refractivity contribution >= 4 is 11.8 Å². The summed E-state index contributed by atoms with van der Waals surface area (Å²) in [4.78, 5) is 22.9. The van der Waals surface area contributed by atoms with Crippen LogP contribution in [0.25, 0.3) is 0 Å². The van der Waals surface area contributed by atoms with Gasteiger partial charge >= 0.3 is 0 Å². The zero-order chi connectivity index (χ0) is 17.5. The third kappa shape index (κ3) is 4.55. The van der Waals surface area contributed by atoms with E-state index in [0.717, 1.165) is 5.56 Å². The lowest BCUT2D eigenvalue weighted by Crippen LogP contribution is -2.23. The molecule has 2 aromatic carbocycles. The SMILES string of the molecule is COc1cccc(CCC(=O)NCc2ccc(C(N)=O)cc2)c1F. The molecule has 0 radical (unpaired) electrons. The van der Waals surface area contributed by atoms with Crippen molar-refractivity contribution < 1.29 is 18.7 Å². The lowest BCUT2D eigenvalue weighted by Gasteiger charge is -2.08. The third-order valence-corrected chi connectivity index (χ3v) is 3.61. The van der Waals surface area contributed by atoms with Crippen molar-refractivity contribution in [1.29, 1.82) is 0 Å². The van der Waals surface area contributed by atoms with Gasteiger partial charge in [-0.3, -0.25) is 9.59 Å². The molecule has 2 rings (SSSR count). The van der Waals surface area contributed by atoms with Crippen LogP contribution in [0.4, 0.5) is 4.39 Å². The summed E-state index contributed by atoms with van der Waals surface area (Å²) >= 11 is 0. The van der Waals surface area contributed by atoms with E-state index in [1.165, 1.54) is 13.2 Å². The highest BCUT2D eigenvalue weighted by molar-refractivity contribution is 5.92. The molecule has 0 heterocycles. The lowest BCUT2D eigenvalue weighted by molar-refractivity contribution is -0.121. The zero-order valence-corrected chi connectivity index (χ0v) is 13.3. The minimum atomic E-state index is -0.495. The fourth-order valence-electron chi connectivity index (χ4n) is 2.23. The molecule has 0 saturated carbocycles. The van der Waals surface area contributed by atoms with Crippen molar-refractivity contribution in [3.8, 4) is 5.75 Å². The van der Waals surface area contributed by atoms with Gasteiger partial charge in [-0.25, -0.2) is 4.39 Å². The van der Waals surface area contributed by atoms with E-state index >= 15 is 0 Å². The van der Waals surface area contributed by atoms with Crippen LogP contribution in [0, 0.1) is 5.82 Å². The highest BCUT2D eigenvalue weighted by Crippen LogP contribution is 2.20. The number of methoxy groups -OCH3 is 1. The van der Waals surface area contributed by atoms with E-state index in [2.05, 4.69) is 5.32 Å². The van der Waals surface area contributed by atoms with Crippen molar-refractivity contribution in [3.05, 3.63) is 65.0 Å². The molecule has 0 saturated heterocycles. The molecule has 0 aromatic heterocycles. The fraction of sp³-hybridized carbons (Fsp3) is 0.222. The van der Waals surface area contributed by atoms with Crippen LogP contribution in [0.3, 0.4) is 0 Å². The normalized spacial score (nSPS) is 10.2. The topological polar surface area (TPSA) is 81.4 Å². The second-order valence-corrected chi connectivity index (χ2v) is 5.27. The van der Waals surface area contributed by atoms with Crippen molar-refractivity contribution in [1.82, 2.24) is 5.32 Å². The Labute approximate surface area is 139 Å². The summed E-state index contributed by atoms with van der Waals surface area (Å²) in [6.45, 7) is 0.332. The van der Waals surface area contributed by atoms with E-state index in [0.29, 0.717) is 17.7 Å². The van der Waals surface area contributed by atoms with E-state index in [1.54, 1.807) is 36.4 Å². The van der Waals surface area contributed by atoms with Crippen LogP contribution in [0.1, 0.15) is 27.9 Å². The van der Waals surface area contributed by atoms with Crippen molar-refractivity contribution in [2.24, 2.45) is 5.73 Å². The molecule has 0 aliphatic carbocycles. The quantitative estimate of drug-likeness (QED) is 0.816. The standard InChI is InChI=1S/C18H19FN2O3/c1-24-15-4-2-3-13(17(15)19)9-10-16(22)21-11-12-5-7-14(8-6-12)18(20)23/h2-8H,9-11H2,1H3,(H2,20,23)(H,21,22). The van der Waals surface area contributed by atoms with Gasteiger partial charge in [0, 0.05) is 18.5 Å². The number of benzene rings is 2. The van der Waals surface area contributed by atoms with E-state index < -0.39 is 11.7 Å². The number of hydrogen-bond acceptors (Lipinski definition) is 3. The molecule has 0 aliphatic heterocycles. The molecule has 0 aliphatic rings. The lowest BCUT2D eigenvalue weighted by atomic mass is 10.1. The Morgan fingerprint density at radius 1 is 1.17 bits per heavy atom. The van der Waals surface area contributed by atoms with Crippen LogP contribution in [0.5, 0.6) is 5.75 Å². The number of amides is 2. The van der Waals surface area contributed by atoms with Crippen molar-refractivity contribution in [3.63, 3.8) is 0 Å². The number of nitrogens with one attached hydrogen (secondary N) is 1. The summed E-state index contributed by atoms with van der Waals surface area (Å²) < 4.78 is 18.9. The number of carbonyl (C=O) groups is 2. The molecule has 2 aromatic rings. The Kier molecular flexibility index (Phi) is 5.89. The number of halogens is 1. The molecule has 3 N–H and O–H groups in total. The first-order valence-electron chi connectivity index (χ1n) is 7.48. The van der Waals surface area contributed by atoms with Crippen LogP contribution in [0.15, 0.2) is 42.5 Å². The molecule has 0 bridgehead atoms. The monoisotopic (exact) mass is 330 g/mol. The Morgan fingerprint density at radius 3 is 2.50 bits per heavy atom. The second kappa shape index (κ2) is 8.10. The predicted octanol–water partition coefficient (Wildman–Crippen LogP) is 2.18. The molecule has 5 nitrogen and oxygen atoms in total. The van der Waals surface area contributed by atoms with Gasteiger partial charge in [0.2, 0.25) is 11.8 Å². The van der Waals surface area contributed by atoms with Crippen LogP contribution >= 0.6 is 0 Å². The Balaban J connectivity index is 1.84. The Morgan fingerprint density at radius 2 is 1.88 bits per heavy atom. The van der Waals surface area contributed by atoms with E-state index in [4.69, 9.17) is 10.5 Å². The predicted molar refractivity (Wildman–Crippen MR) is 88.1 cm³/mol. The summed E-state index contributed by atoms with van der Waals surface area (Å²) in [5, 5.41) is 2.76. The maximum atomic E-state index is 14.0. The molecular weight excluding hydrogens is 311 g/mol. The average Bonchev–Trinajstić information content (AvgIpc) is 2.59. The summed E-state index contributed by atoms with van der Waals surface area (Å²) in [7, 11) is 1.40. The smallest absolute Gasteiger partial charge is 0.248 e. The molecular formula is C18H19FN2O3. The van der Waals surface area contributed by atoms with Gasteiger partial charge in [0.25, 0.3) is 0 Å². The van der Waals surface area contributed by atoms with Gasteiger partial charge < -0.3 is 15.8 Å². The van der Waals surface area contributed by atoms with Gasteiger partial charge in [0.05, 0.1) is 7.11 Å². The van der Waals surface area contributed by atoms with Crippen LogP contribution < -0.4 is 15.8 Å². The average molecular weight is 330 g/mol. The van der Waals surface area contributed by atoms with Gasteiger partial charge in [-0.15, -0.1) is 0 Å².